The molecule has 8 rings (SSSR count). The van der Waals surface area contributed by atoms with Crippen LogP contribution in [0.2, 0.25) is 0 Å². The second-order valence-corrected chi connectivity index (χ2v) is 10.5. The Hall–Kier alpha value is -6.54. The molecule has 0 spiro atoms. The molecule has 216 valence electrons. The molecule has 0 amide bonds. The van der Waals surface area contributed by atoms with Gasteiger partial charge in [0.15, 0.2) is 17.5 Å². The summed E-state index contributed by atoms with van der Waals surface area (Å²) in [5.41, 5.74) is 7.15. The molecule has 0 atom stereocenters. The molecule has 0 aliphatic heterocycles. The van der Waals surface area contributed by atoms with Crippen LogP contribution in [0.4, 0.5) is 0 Å². The summed E-state index contributed by atoms with van der Waals surface area (Å²) in [5, 5.41) is 2.24. The van der Waals surface area contributed by atoms with Crippen LogP contribution in [0.3, 0.4) is 0 Å². The van der Waals surface area contributed by atoms with Crippen LogP contribution in [-0.2, 0) is 0 Å². The van der Waals surface area contributed by atoms with E-state index in [0.717, 1.165) is 50.2 Å². The van der Waals surface area contributed by atoms with Gasteiger partial charge < -0.3 is 0 Å². The average Bonchev–Trinajstić information content (AvgIpc) is 3.15. The van der Waals surface area contributed by atoms with Gasteiger partial charge in [0.2, 0.25) is 0 Å². The van der Waals surface area contributed by atoms with Crippen molar-refractivity contribution in [3.63, 3.8) is 0 Å². The zero-order chi connectivity index (χ0) is 30.7. The Balaban J connectivity index is 1.25. The number of pyridine rings is 5. The minimum absolute atomic E-state index is 0.435. The normalized spacial score (nSPS) is 11.0. The third-order valence-electron chi connectivity index (χ3n) is 7.57. The summed E-state index contributed by atoms with van der Waals surface area (Å²) < 4.78 is 0. The first kappa shape index (κ1) is 27.0. The zero-order valence-corrected chi connectivity index (χ0v) is 24.4. The topological polar surface area (TPSA) is 103 Å². The molecule has 8 nitrogen and oxygen atoms in total. The number of hydrogen-bond acceptors (Lipinski definition) is 8. The summed E-state index contributed by atoms with van der Waals surface area (Å²) in [6, 6.07) is 39.4. The second kappa shape index (κ2) is 11.9. The van der Waals surface area contributed by atoms with Crippen molar-refractivity contribution in [2.24, 2.45) is 0 Å². The van der Waals surface area contributed by atoms with Gasteiger partial charge >= 0.3 is 0 Å². The van der Waals surface area contributed by atoms with Gasteiger partial charge in [0, 0.05) is 41.3 Å². The molecular weight excluding hydrogens is 568 g/mol. The van der Waals surface area contributed by atoms with Gasteiger partial charge in [-0.2, -0.15) is 0 Å². The Morgan fingerprint density at radius 3 is 1.48 bits per heavy atom. The zero-order valence-electron chi connectivity index (χ0n) is 24.4. The van der Waals surface area contributed by atoms with E-state index < -0.39 is 0 Å². The van der Waals surface area contributed by atoms with Crippen molar-refractivity contribution in [2.45, 2.75) is 0 Å². The third kappa shape index (κ3) is 5.35. The number of benzene rings is 2. The molecule has 0 saturated heterocycles. The van der Waals surface area contributed by atoms with Crippen molar-refractivity contribution >= 4 is 10.8 Å². The summed E-state index contributed by atoms with van der Waals surface area (Å²) >= 11 is 0. The first-order valence-corrected chi connectivity index (χ1v) is 14.8. The highest BCUT2D eigenvalue weighted by Crippen LogP contribution is 2.30. The maximum atomic E-state index is 4.91. The third-order valence-corrected chi connectivity index (χ3v) is 7.57. The molecule has 0 aliphatic carbocycles. The summed E-state index contributed by atoms with van der Waals surface area (Å²) in [5.74, 6) is 1.38. The van der Waals surface area contributed by atoms with Crippen LogP contribution < -0.4 is 0 Å². The molecule has 0 aliphatic rings. The highest BCUT2D eigenvalue weighted by Gasteiger charge is 2.16. The van der Waals surface area contributed by atoms with E-state index in [1.54, 1.807) is 12.4 Å². The molecule has 0 fully saturated rings. The van der Waals surface area contributed by atoms with Gasteiger partial charge in [-0.25, -0.2) is 24.9 Å². The Bertz CT molecular complexity index is 2200. The number of aromatic nitrogens is 8. The van der Waals surface area contributed by atoms with Crippen molar-refractivity contribution in [2.75, 3.05) is 0 Å². The quantitative estimate of drug-likeness (QED) is 0.191. The van der Waals surface area contributed by atoms with Crippen LogP contribution >= 0.6 is 0 Å². The van der Waals surface area contributed by atoms with Crippen LogP contribution in [0.25, 0.3) is 79.1 Å². The Morgan fingerprint density at radius 1 is 0.348 bits per heavy atom. The van der Waals surface area contributed by atoms with E-state index in [4.69, 9.17) is 24.9 Å². The van der Waals surface area contributed by atoms with E-state index in [2.05, 4.69) is 39.2 Å². The highest BCUT2D eigenvalue weighted by molar-refractivity contribution is 5.95. The van der Waals surface area contributed by atoms with Gasteiger partial charge in [-0.15, -0.1) is 0 Å². The fourth-order valence-corrected chi connectivity index (χ4v) is 5.31. The van der Waals surface area contributed by atoms with E-state index in [0.29, 0.717) is 28.9 Å². The molecule has 6 heterocycles. The Morgan fingerprint density at radius 2 is 0.870 bits per heavy atom. The Kier molecular flexibility index (Phi) is 6.97. The lowest BCUT2D eigenvalue weighted by Gasteiger charge is -2.10. The molecule has 0 saturated carbocycles. The van der Waals surface area contributed by atoms with Crippen molar-refractivity contribution < 1.29 is 0 Å². The van der Waals surface area contributed by atoms with Gasteiger partial charge in [0.05, 0.1) is 22.8 Å². The lowest BCUT2D eigenvalue weighted by atomic mass is 10.00. The van der Waals surface area contributed by atoms with Crippen LogP contribution in [-0.4, -0.2) is 39.9 Å². The number of fused-ring (bicyclic) bond motifs is 1. The summed E-state index contributed by atoms with van der Waals surface area (Å²) in [7, 11) is 0. The Labute approximate surface area is 264 Å². The molecule has 8 heteroatoms. The van der Waals surface area contributed by atoms with E-state index in [-0.39, 0.29) is 0 Å². The molecule has 46 heavy (non-hydrogen) atoms. The molecule has 0 radical (unpaired) electrons. The van der Waals surface area contributed by atoms with Gasteiger partial charge in [0.25, 0.3) is 0 Å². The smallest absolute Gasteiger partial charge is 0.182 e. The maximum Gasteiger partial charge on any atom is 0.182 e. The van der Waals surface area contributed by atoms with Crippen LogP contribution in [0, 0.1) is 0 Å². The summed E-state index contributed by atoms with van der Waals surface area (Å²) in [6.07, 6.45) is 7.29. The van der Waals surface area contributed by atoms with Crippen molar-refractivity contribution in [1.82, 2.24) is 39.9 Å². The summed E-state index contributed by atoms with van der Waals surface area (Å²) in [4.78, 5) is 37.8. The fraction of sp³-hybridized carbons (Fsp3) is 0. The van der Waals surface area contributed by atoms with Crippen LogP contribution in [0.5, 0.6) is 0 Å². The van der Waals surface area contributed by atoms with Crippen molar-refractivity contribution in [3.05, 3.63) is 146 Å². The maximum absolute atomic E-state index is 4.91. The molecule has 8 aromatic rings. The molecule has 0 N–H and O–H groups in total. The second-order valence-electron chi connectivity index (χ2n) is 10.5. The average molecular weight is 593 g/mol. The largest absolute Gasteiger partial charge is 0.263 e. The van der Waals surface area contributed by atoms with Crippen molar-refractivity contribution in [1.29, 1.82) is 0 Å². The minimum atomic E-state index is 0.435. The molecular formula is C38H24N8. The number of hydrogen-bond donors (Lipinski definition) is 0. The fourth-order valence-electron chi connectivity index (χ4n) is 5.31. The number of nitrogens with zero attached hydrogens (tertiary/aromatic N) is 8. The van der Waals surface area contributed by atoms with Gasteiger partial charge in [-0.3, -0.25) is 15.0 Å². The predicted molar refractivity (Wildman–Crippen MR) is 179 cm³/mol. The van der Waals surface area contributed by atoms with E-state index in [9.17, 15) is 0 Å². The standard InChI is InChI=1S/C38H24N8/c1-2-10-28-27(9-1)23-39-24-29(28)25-17-19-26(20-18-25)36-44-37(34-15-7-13-32(42-34)30-11-3-5-21-40-30)46-38(45-36)35-16-8-14-33(43-35)31-12-4-6-22-41-31/h1-24H. The summed E-state index contributed by atoms with van der Waals surface area (Å²) in [6.45, 7) is 0. The first-order chi connectivity index (χ1) is 22.8. The highest BCUT2D eigenvalue weighted by atomic mass is 15.1. The SMILES string of the molecule is c1ccc(-c2cccc(-c3nc(-c4ccc(-c5cncc6ccccc56)cc4)nc(-c4cccc(-c5ccccn5)n4)n3)n2)nc1. The number of rotatable bonds is 6. The van der Waals surface area contributed by atoms with E-state index in [1.807, 2.05) is 109 Å². The first-order valence-electron chi connectivity index (χ1n) is 14.8. The monoisotopic (exact) mass is 592 g/mol. The van der Waals surface area contributed by atoms with E-state index >= 15 is 0 Å². The molecule has 6 aromatic heterocycles. The van der Waals surface area contributed by atoms with Gasteiger partial charge in [-0.1, -0.05) is 72.8 Å². The molecule has 0 unspecified atom stereocenters. The van der Waals surface area contributed by atoms with Gasteiger partial charge in [0.1, 0.15) is 11.4 Å². The molecule has 2 aromatic carbocycles. The van der Waals surface area contributed by atoms with Crippen LogP contribution in [0.15, 0.2) is 146 Å². The van der Waals surface area contributed by atoms with Crippen molar-refractivity contribution in [3.8, 4) is 68.3 Å². The predicted octanol–water partition coefficient (Wildman–Crippen LogP) is 8.00. The lowest BCUT2D eigenvalue weighted by Crippen LogP contribution is -2.03. The lowest BCUT2D eigenvalue weighted by molar-refractivity contribution is 1.04. The van der Waals surface area contributed by atoms with Crippen LogP contribution in [0.1, 0.15) is 0 Å². The molecule has 0 bridgehead atoms. The van der Waals surface area contributed by atoms with E-state index in [1.165, 1.54) is 0 Å². The minimum Gasteiger partial charge on any atom is -0.263 e. The van der Waals surface area contributed by atoms with Gasteiger partial charge in [-0.05, 0) is 59.5 Å².